The largest absolute Gasteiger partial charge is 0.493 e. The minimum atomic E-state index is -3.20. The molecule has 0 aliphatic carbocycles. The van der Waals surface area contributed by atoms with E-state index in [0.717, 1.165) is 5.56 Å². The molecule has 1 rings (SSSR count). The molecular formula is C18H32IN3O5S. The van der Waals surface area contributed by atoms with Crippen LogP contribution in [0.5, 0.6) is 17.2 Å². The molecule has 10 heteroatoms. The smallest absolute Gasteiger partial charge is 0.203 e. The van der Waals surface area contributed by atoms with E-state index in [4.69, 9.17) is 14.2 Å². The summed E-state index contributed by atoms with van der Waals surface area (Å²) in [6.07, 6.45) is 1.23. The van der Waals surface area contributed by atoms with E-state index in [1.54, 1.807) is 35.2 Å². The fourth-order valence-electron chi connectivity index (χ4n) is 2.17. The Morgan fingerprint density at radius 3 is 2.00 bits per heavy atom. The summed E-state index contributed by atoms with van der Waals surface area (Å²) in [5.41, 5.74) is 0.865. The van der Waals surface area contributed by atoms with Crippen molar-refractivity contribution in [3.8, 4) is 17.2 Å². The molecule has 0 heterocycles. The van der Waals surface area contributed by atoms with E-state index in [9.17, 15) is 8.42 Å². The first kappa shape index (κ1) is 26.6. The molecule has 1 aromatic carbocycles. The van der Waals surface area contributed by atoms with Crippen molar-refractivity contribution in [1.82, 2.24) is 10.6 Å². The molecule has 2 N–H and O–H groups in total. The number of nitrogens with zero attached hydrogens (tertiary/aromatic N) is 1. The maximum Gasteiger partial charge on any atom is 0.203 e. The molecule has 0 spiro atoms. The highest BCUT2D eigenvalue weighted by atomic mass is 127. The molecule has 0 saturated carbocycles. The van der Waals surface area contributed by atoms with E-state index < -0.39 is 14.6 Å². The summed E-state index contributed by atoms with van der Waals surface area (Å²) in [6, 6.07) is 3.66. The van der Waals surface area contributed by atoms with Crippen LogP contribution in [0, 0.1) is 0 Å². The van der Waals surface area contributed by atoms with Gasteiger partial charge in [-0.05, 0) is 38.5 Å². The van der Waals surface area contributed by atoms with Crippen LogP contribution in [0.4, 0.5) is 0 Å². The third-order valence-corrected chi connectivity index (χ3v) is 6.33. The van der Waals surface area contributed by atoms with Crippen LogP contribution in [0.25, 0.3) is 0 Å². The van der Waals surface area contributed by atoms with Gasteiger partial charge < -0.3 is 24.8 Å². The second kappa shape index (κ2) is 11.5. The third kappa shape index (κ3) is 7.19. The van der Waals surface area contributed by atoms with Crippen LogP contribution in [-0.4, -0.2) is 59.8 Å². The van der Waals surface area contributed by atoms with Crippen molar-refractivity contribution in [3.63, 3.8) is 0 Å². The summed E-state index contributed by atoms with van der Waals surface area (Å²) in [5.74, 6) is 2.16. The predicted molar refractivity (Wildman–Crippen MR) is 123 cm³/mol. The molecular weight excluding hydrogens is 497 g/mol. The molecule has 8 nitrogen and oxygen atoms in total. The molecule has 0 aliphatic heterocycles. The minimum absolute atomic E-state index is 0. The van der Waals surface area contributed by atoms with Gasteiger partial charge in [-0.2, -0.15) is 0 Å². The summed E-state index contributed by atoms with van der Waals surface area (Å²) in [5, 5.41) is 6.20. The number of hydrogen-bond donors (Lipinski definition) is 2. The summed E-state index contributed by atoms with van der Waals surface area (Å²) >= 11 is 0. The van der Waals surface area contributed by atoms with Crippen LogP contribution in [0.15, 0.2) is 17.1 Å². The maximum absolute atomic E-state index is 11.9. The Hall–Kier alpha value is -1.43. The van der Waals surface area contributed by atoms with Crippen molar-refractivity contribution in [2.45, 2.75) is 32.1 Å². The number of ether oxygens (including phenoxy) is 3. The topological polar surface area (TPSA) is 98.2 Å². The van der Waals surface area contributed by atoms with E-state index >= 15 is 0 Å². The average molecular weight is 529 g/mol. The first-order valence-corrected chi connectivity index (χ1v) is 10.5. The maximum atomic E-state index is 11.9. The highest BCUT2D eigenvalue weighted by molar-refractivity contribution is 14.0. The van der Waals surface area contributed by atoms with Gasteiger partial charge in [-0.25, -0.2) is 13.4 Å². The van der Waals surface area contributed by atoms with Crippen molar-refractivity contribution >= 4 is 39.8 Å². The van der Waals surface area contributed by atoms with Gasteiger partial charge in [0.05, 0.1) is 32.6 Å². The average Bonchev–Trinajstić information content (AvgIpc) is 2.61. The highest BCUT2D eigenvalue weighted by Gasteiger charge is 2.30. The molecule has 0 aliphatic rings. The number of rotatable bonds is 9. The zero-order valence-corrected chi connectivity index (χ0v) is 20.7. The van der Waals surface area contributed by atoms with Crippen molar-refractivity contribution < 1.29 is 22.6 Å². The summed E-state index contributed by atoms with van der Waals surface area (Å²) < 4.78 is 38.8. The van der Waals surface area contributed by atoms with Crippen molar-refractivity contribution in [3.05, 3.63) is 17.7 Å². The third-order valence-electron chi connectivity index (χ3n) is 4.17. The Bertz CT molecular complexity index is 741. The molecule has 0 amide bonds. The number of halogens is 1. The molecule has 162 valence electrons. The van der Waals surface area contributed by atoms with Gasteiger partial charge >= 0.3 is 0 Å². The number of sulfone groups is 1. The van der Waals surface area contributed by atoms with Crippen LogP contribution >= 0.6 is 24.0 Å². The quantitative estimate of drug-likeness (QED) is 0.288. The molecule has 0 bridgehead atoms. The van der Waals surface area contributed by atoms with Gasteiger partial charge in [-0.1, -0.05) is 0 Å². The molecule has 0 radical (unpaired) electrons. The standard InChI is InChI=1S/C18H31N3O5S.HI/c1-8-19-17(21-12-18(2,3)27(7,22)23)20-11-13-9-14(24-4)16(26-6)15(10-13)25-5;/h9-10H,8,11-12H2,1-7H3,(H2,19,20,21);1H. The van der Waals surface area contributed by atoms with Gasteiger partial charge in [0.15, 0.2) is 27.3 Å². The lowest BCUT2D eigenvalue weighted by atomic mass is 10.2. The van der Waals surface area contributed by atoms with Gasteiger partial charge in [-0.3, -0.25) is 0 Å². The SMILES string of the molecule is CCNC(=NCc1cc(OC)c(OC)c(OC)c1)NCC(C)(C)S(C)(=O)=O.I. The van der Waals surface area contributed by atoms with Crippen LogP contribution in [0.3, 0.4) is 0 Å². The highest BCUT2D eigenvalue weighted by Crippen LogP contribution is 2.38. The monoisotopic (exact) mass is 529 g/mol. The van der Waals surface area contributed by atoms with E-state index in [2.05, 4.69) is 15.6 Å². The van der Waals surface area contributed by atoms with Crippen LogP contribution < -0.4 is 24.8 Å². The summed E-state index contributed by atoms with van der Waals surface area (Å²) in [7, 11) is 1.47. The molecule has 0 fully saturated rings. The van der Waals surface area contributed by atoms with Gasteiger partial charge in [0.2, 0.25) is 5.75 Å². The second-order valence-electron chi connectivity index (χ2n) is 6.61. The Morgan fingerprint density at radius 2 is 1.61 bits per heavy atom. The zero-order valence-electron chi connectivity index (χ0n) is 17.6. The zero-order chi connectivity index (χ0) is 20.7. The van der Waals surface area contributed by atoms with Gasteiger partial charge in [0.1, 0.15) is 0 Å². The van der Waals surface area contributed by atoms with E-state index in [-0.39, 0.29) is 30.5 Å². The number of nitrogens with one attached hydrogen (secondary N) is 2. The Labute approximate surface area is 185 Å². The molecule has 1 aromatic rings. The van der Waals surface area contributed by atoms with Crippen molar-refractivity contribution in [2.75, 3.05) is 40.7 Å². The lowest BCUT2D eigenvalue weighted by Crippen LogP contribution is -2.47. The molecule has 0 saturated heterocycles. The predicted octanol–water partition coefficient (Wildman–Crippen LogP) is 2.21. The number of hydrogen-bond acceptors (Lipinski definition) is 6. The van der Waals surface area contributed by atoms with Crippen LogP contribution in [0.2, 0.25) is 0 Å². The lowest BCUT2D eigenvalue weighted by molar-refractivity contribution is 0.324. The fourth-order valence-corrected chi connectivity index (χ4v) is 2.50. The first-order valence-electron chi connectivity index (χ1n) is 8.60. The second-order valence-corrected chi connectivity index (χ2v) is 9.26. The van der Waals surface area contributed by atoms with Crippen molar-refractivity contribution in [1.29, 1.82) is 0 Å². The van der Waals surface area contributed by atoms with Crippen LogP contribution in [-0.2, 0) is 16.4 Å². The fraction of sp³-hybridized carbons (Fsp3) is 0.611. The van der Waals surface area contributed by atoms with E-state index in [1.807, 2.05) is 19.1 Å². The van der Waals surface area contributed by atoms with E-state index in [0.29, 0.717) is 36.3 Å². The van der Waals surface area contributed by atoms with Crippen molar-refractivity contribution in [2.24, 2.45) is 4.99 Å². The first-order chi connectivity index (χ1) is 12.6. The minimum Gasteiger partial charge on any atom is -0.493 e. The summed E-state index contributed by atoms with van der Waals surface area (Å²) in [6.45, 7) is 6.55. The van der Waals surface area contributed by atoms with Gasteiger partial charge in [0, 0.05) is 19.3 Å². The number of methoxy groups -OCH3 is 3. The van der Waals surface area contributed by atoms with Crippen LogP contribution in [0.1, 0.15) is 26.3 Å². The number of aliphatic imine (C=N–C) groups is 1. The Morgan fingerprint density at radius 1 is 1.07 bits per heavy atom. The number of benzene rings is 1. The lowest BCUT2D eigenvalue weighted by Gasteiger charge is -2.24. The number of guanidine groups is 1. The van der Waals surface area contributed by atoms with Gasteiger partial charge in [-0.15, -0.1) is 24.0 Å². The molecule has 0 aromatic heterocycles. The molecule has 28 heavy (non-hydrogen) atoms. The Balaban J connectivity index is 0.00000729. The van der Waals surface area contributed by atoms with E-state index in [1.165, 1.54) is 6.26 Å². The normalized spacial score (nSPS) is 12.0. The molecule has 0 unspecified atom stereocenters. The Kier molecular flexibility index (Phi) is 11.0. The van der Waals surface area contributed by atoms with Gasteiger partial charge in [0.25, 0.3) is 0 Å². The summed E-state index contributed by atoms with van der Waals surface area (Å²) in [4.78, 5) is 4.52. The molecule has 0 atom stereocenters.